The number of alkyl halides is 2. The molecule has 0 saturated heterocycles. The molecule has 0 amide bonds. The Kier molecular flexibility index (Phi) is 4.31. The fourth-order valence-electron chi connectivity index (χ4n) is 7.19. The van der Waals surface area contributed by atoms with Crippen LogP contribution in [0.5, 0.6) is 0 Å². The van der Waals surface area contributed by atoms with E-state index in [4.69, 9.17) is 0 Å². The number of carbonyl (C=O) groups is 3. The third-order valence-corrected chi connectivity index (χ3v) is 8.75. The van der Waals surface area contributed by atoms with Gasteiger partial charge in [-0.3, -0.25) is 9.59 Å². The Labute approximate surface area is 172 Å². The first-order chi connectivity index (χ1) is 13.7. The molecule has 0 aromatic heterocycles. The molecule has 3 fully saturated rings. The molecule has 0 aliphatic heterocycles. The van der Waals surface area contributed by atoms with E-state index in [-0.39, 0.29) is 24.8 Å². The highest BCUT2D eigenvalue weighted by Gasteiger charge is 2.77. The molecule has 3 saturated carbocycles. The summed E-state index contributed by atoms with van der Waals surface area (Å²) in [5.74, 6) is -6.23. The standard InChI is InChI=1S/C22H26F2O6/c1-10-6-12-13-8-15(23)14-7-11(25)4-5-19(14,2)21(13,24)16(26)9-20(12,3)22(10,30)17(27)18(28)29/h4-5,7,10,12-13,15-16,26,30H,6,8-9H2,1-3H3,(H,28,29)/t10-,12-,13-,15-,16-,19-,20-,21-,22-/m0/s1. The second kappa shape index (κ2) is 6.07. The number of aliphatic hydroxyl groups excluding tert-OH is 1. The second-order valence-electron chi connectivity index (χ2n) is 9.90. The molecule has 3 N–H and O–H groups in total. The van der Waals surface area contributed by atoms with E-state index in [1.54, 1.807) is 0 Å². The Morgan fingerprint density at radius 3 is 2.43 bits per heavy atom. The van der Waals surface area contributed by atoms with E-state index < -0.39 is 69.7 Å². The Balaban J connectivity index is 1.87. The summed E-state index contributed by atoms with van der Waals surface area (Å²) in [5.41, 5.74) is -7.65. The molecule has 164 valence electrons. The third-order valence-electron chi connectivity index (χ3n) is 8.75. The van der Waals surface area contributed by atoms with Gasteiger partial charge < -0.3 is 15.3 Å². The fraction of sp³-hybridized carbons (Fsp3) is 0.682. The summed E-state index contributed by atoms with van der Waals surface area (Å²) >= 11 is 0. The smallest absolute Gasteiger partial charge is 0.375 e. The molecule has 0 aromatic rings. The van der Waals surface area contributed by atoms with Gasteiger partial charge in [0, 0.05) is 16.7 Å². The summed E-state index contributed by atoms with van der Waals surface area (Å²) in [6.45, 7) is 4.48. The van der Waals surface area contributed by atoms with Gasteiger partial charge in [0.05, 0.1) is 6.10 Å². The molecule has 30 heavy (non-hydrogen) atoms. The minimum absolute atomic E-state index is 0.0145. The van der Waals surface area contributed by atoms with Gasteiger partial charge in [-0.25, -0.2) is 13.6 Å². The van der Waals surface area contributed by atoms with Crippen molar-refractivity contribution in [3.63, 3.8) is 0 Å². The highest BCUT2D eigenvalue weighted by molar-refractivity contribution is 6.36. The Hall–Kier alpha value is -1.93. The van der Waals surface area contributed by atoms with Crippen molar-refractivity contribution in [2.24, 2.45) is 28.6 Å². The van der Waals surface area contributed by atoms with E-state index in [1.165, 1.54) is 32.9 Å². The fourth-order valence-corrected chi connectivity index (χ4v) is 7.19. The molecule has 8 heteroatoms. The van der Waals surface area contributed by atoms with Crippen LogP contribution in [0.25, 0.3) is 0 Å². The van der Waals surface area contributed by atoms with Gasteiger partial charge in [-0.1, -0.05) is 19.9 Å². The number of halogens is 2. The minimum Gasteiger partial charge on any atom is -0.475 e. The van der Waals surface area contributed by atoms with Gasteiger partial charge in [0.1, 0.15) is 11.8 Å². The molecule has 4 rings (SSSR count). The normalized spacial score (nSPS) is 52.2. The maximum atomic E-state index is 16.9. The van der Waals surface area contributed by atoms with Crippen molar-refractivity contribution >= 4 is 17.5 Å². The number of carboxylic acid groups (broad SMARTS) is 1. The van der Waals surface area contributed by atoms with Crippen molar-refractivity contribution < 1.29 is 38.5 Å². The van der Waals surface area contributed by atoms with Gasteiger partial charge in [0.2, 0.25) is 0 Å². The van der Waals surface area contributed by atoms with E-state index >= 15 is 8.78 Å². The van der Waals surface area contributed by atoms with E-state index in [1.807, 2.05) is 0 Å². The molecule has 4 aliphatic carbocycles. The maximum Gasteiger partial charge on any atom is 0.375 e. The molecule has 0 aromatic carbocycles. The van der Waals surface area contributed by atoms with Crippen LogP contribution < -0.4 is 0 Å². The van der Waals surface area contributed by atoms with Gasteiger partial charge in [-0.05, 0) is 55.7 Å². The van der Waals surface area contributed by atoms with Gasteiger partial charge in [0.25, 0.3) is 5.78 Å². The molecule has 6 nitrogen and oxygen atoms in total. The predicted molar refractivity (Wildman–Crippen MR) is 101 cm³/mol. The Bertz CT molecular complexity index is 913. The summed E-state index contributed by atoms with van der Waals surface area (Å²) in [5, 5.41) is 31.7. The average molecular weight is 424 g/mol. The van der Waals surface area contributed by atoms with Crippen molar-refractivity contribution in [2.75, 3.05) is 0 Å². The van der Waals surface area contributed by atoms with Crippen LogP contribution in [0.15, 0.2) is 23.8 Å². The van der Waals surface area contributed by atoms with Gasteiger partial charge >= 0.3 is 5.97 Å². The van der Waals surface area contributed by atoms with Crippen LogP contribution in [0.1, 0.15) is 40.0 Å². The van der Waals surface area contributed by atoms with Crippen molar-refractivity contribution in [1.82, 2.24) is 0 Å². The SMILES string of the molecule is C[C@H]1C[C@H]2[C@@H]3C[C@H](F)C4=CC(=O)C=C[C@]4(C)[C@@]3(F)[C@@H](O)C[C@]2(C)[C@@]1(O)C(=O)C(=O)O. The van der Waals surface area contributed by atoms with Gasteiger partial charge in [-0.15, -0.1) is 0 Å². The number of carboxylic acids is 1. The van der Waals surface area contributed by atoms with Crippen LogP contribution in [-0.4, -0.2) is 56.4 Å². The lowest BCUT2D eigenvalue weighted by Crippen LogP contribution is -2.70. The number of Topliss-reactive ketones (excluding diaryl/α,β-unsaturated/α-hetero) is 1. The number of fused-ring (bicyclic) bond motifs is 5. The zero-order chi connectivity index (χ0) is 22.4. The third kappa shape index (κ3) is 2.16. The first-order valence-electron chi connectivity index (χ1n) is 10.2. The molecule has 0 unspecified atom stereocenters. The summed E-state index contributed by atoms with van der Waals surface area (Å²) in [6, 6.07) is 0. The second-order valence-corrected chi connectivity index (χ2v) is 9.90. The monoisotopic (exact) mass is 424 g/mol. The van der Waals surface area contributed by atoms with Crippen LogP contribution in [-0.2, 0) is 14.4 Å². The van der Waals surface area contributed by atoms with E-state index in [9.17, 15) is 29.7 Å². The average Bonchev–Trinajstić information content (AvgIpc) is 2.86. The predicted octanol–water partition coefficient (Wildman–Crippen LogP) is 1.94. The van der Waals surface area contributed by atoms with Crippen molar-refractivity contribution in [2.45, 2.75) is 63.6 Å². The molecule has 9 atom stereocenters. The summed E-state index contributed by atoms with van der Waals surface area (Å²) in [6.07, 6.45) is -0.312. The lowest BCUT2D eigenvalue weighted by molar-refractivity contribution is -0.223. The summed E-state index contributed by atoms with van der Waals surface area (Å²) < 4.78 is 32.1. The highest BCUT2D eigenvalue weighted by atomic mass is 19.1. The van der Waals surface area contributed by atoms with E-state index in [0.29, 0.717) is 0 Å². The number of aliphatic carboxylic acids is 1. The summed E-state index contributed by atoms with van der Waals surface area (Å²) in [7, 11) is 0. The zero-order valence-corrected chi connectivity index (χ0v) is 17.1. The van der Waals surface area contributed by atoms with Gasteiger partial charge in [0.15, 0.2) is 11.5 Å². The zero-order valence-electron chi connectivity index (χ0n) is 17.1. The van der Waals surface area contributed by atoms with Crippen molar-refractivity contribution in [3.8, 4) is 0 Å². The van der Waals surface area contributed by atoms with Crippen LogP contribution in [0.3, 0.4) is 0 Å². The number of rotatable bonds is 2. The number of allylic oxidation sites excluding steroid dienone is 4. The Morgan fingerprint density at radius 1 is 1.20 bits per heavy atom. The first kappa shape index (κ1) is 21.3. The number of hydrogen-bond acceptors (Lipinski definition) is 5. The largest absolute Gasteiger partial charge is 0.475 e. The summed E-state index contributed by atoms with van der Waals surface area (Å²) in [4.78, 5) is 35.8. The molecular weight excluding hydrogens is 398 g/mol. The van der Waals surface area contributed by atoms with E-state index in [2.05, 4.69) is 0 Å². The lowest BCUT2D eigenvalue weighted by atomic mass is 9.44. The molecular formula is C22H26F2O6. The number of ketones is 2. The quantitative estimate of drug-likeness (QED) is 0.584. The van der Waals surface area contributed by atoms with Crippen LogP contribution >= 0.6 is 0 Å². The molecule has 4 aliphatic rings. The van der Waals surface area contributed by atoms with Crippen molar-refractivity contribution in [1.29, 1.82) is 0 Å². The number of carbonyl (C=O) groups excluding carboxylic acids is 2. The molecule has 0 heterocycles. The number of hydrogen-bond donors (Lipinski definition) is 3. The van der Waals surface area contributed by atoms with Crippen LogP contribution in [0, 0.1) is 28.6 Å². The molecule has 0 bridgehead atoms. The van der Waals surface area contributed by atoms with Crippen LogP contribution in [0.2, 0.25) is 0 Å². The maximum absolute atomic E-state index is 16.9. The Morgan fingerprint density at radius 2 is 1.83 bits per heavy atom. The molecule has 0 radical (unpaired) electrons. The van der Waals surface area contributed by atoms with E-state index in [0.717, 1.165) is 6.08 Å². The minimum atomic E-state index is -2.33. The first-order valence-corrected chi connectivity index (χ1v) is 10.2. The molecule has 0 spiro atoms. The van der Waals surface area contributed by atoms with Gasteiger partial charge in [-0.2, -0.15) is 0 Å². The topological polar surface area (TPSA) is 112 Å². The van der Waals surface area contributed by atoms with Crippen molar-refractivity contribution in [3.05, 3.63) is 23.8 Å². The highest BCUT2D eigenvalue weighted by Crippen LogP contribution is 2.70. The lowest BCUT2D eigenvalue weighted by Gasteiger charge is -2.62. The van der Waals surface area contributed by atoms with Crippen LogP contribution in [0.4, 0.5) is 8.78 Å². The number of aliphatic hydroxyl groups is 2.